The van der Waals surface area contributed by atoms with E-state index >= 15 is 0 Å². The minimum Gasteiger partial charge on any atom is -0.462 e. The lowest BCUT2D eigenvalue weighted by atomic mass is 9.47. The smallest absolute Gasteiger partial charge is 0.342 e. The Bertz CT molecular complexity index is 1890. The molecule has 18 nitrogen and oxygen atoms in total. The topological polar surface area (TPSA) is 258 Å². The molecule has 0 aromatic heterocycles. The summed E-state index contributed by atoms with van der Waals surface area (Å²) in [5, 5.41) is 7.74. The number of ether oxygens (including phenoxy) is 1. The maximum absolute atomic E-state index is 12.3. The predicted molar refractivity (Wildman–Crippen MR) is 252 cm³/mol. The molecule has 8 amide bonds. The standard InChI is InChI=1S/C32H53NO3.C7H8N2O5.C7H8N2O3.C4H9NO/c1-21(2)8-7-9-22(3)26-12-13-27-25-11-10-23-20-24(36-30(35)15-14-29(34)33-6)16-18-31(23,4)28(25)17-19-32(26,27)5;8-4(10)3-7(13)14-9-5(11)1-2-6(9)12;1-8-5(10)4-9-6(11)2-3-7(9)12;1-3-4(6)5-2/h10,21-22,24-28H,7-9,11-20H2,1-6H3,(H,33,34);1-3H2,(H2,8,10);2-3H,4H2,1H3,(H,8,10);3H2,1-2H3,(H,5,6)/t22-,24+,25?,26?,27?,28?,31+,32-;;;/m1.../s1. The van der Waals surface area contributed by atoms with Crippen LogP contribution in [0.1, 0.15) is 151 Å². The lowest BCUT2D eigenvalue weighted by molar-refractivity contribution is -0.197. The van der Waals surface area contributed by atoms with Crippen molar-refractivity contribution < 1.29 is 57.5 Å². The minimum atomic E-state index is -1.01. The van der Waals surface area contributed by atoms with E-state index in [9.17, 15) is 47.9 Å². The van der Waals surface area contributed by atoms with Crippen LogP contribution < -0.4 is 21.7 Å². The molecule has 8 atom stereocenters. The molecule has 0 aromatic carbocycles. The molecule has 0 aromatic rings. The molecule has 0 spiro atoms. The fourth-order valence-corrected chi connectivity index (χ4v) is 11.3. The van der Waals surface area contributed by atoms with E-state index in [1.165, 1.54) is 58.4 Å². The van der Waals surface area contributed by atoms with Gasteiger partial charge in [-0.2, -0.15) is 0 Å². The Balaban J connectivity index is 0.000000310. The Morgan fingerprint density at radius 2 is 1.40 bits per heavy atom. The van der Waals surface area contributed by atoms with E-state index in [4.69, 9.17) is 10.5 Å². The van der Waals surface area contributed by atoms with Gasteiger partial charge < -0.3 is 31.3 Å². The van der Waals surface area contributed by atoms with Crippen molar-refractivity contribution in [2.24, 2.45) is 52.1 Å². The molecule has 380 valence electrons. The summed E-state index contributed by atoms with van der Waals surface area (Å²) >= 11 is 0. The van der Waals surface area contributed by atoms with Gasteiger partial charge in [-0.1, -0.05) is 72.5 Å². The summed E-state index contributed by atoms with van der Waals surface area (Å²) in [7, 11) is 4.68. The van der Waals surface area contributed by atoms with Crippen LogP contribution in [0.5, 0.6) is 0 Å². The first-order valence-corrected chi connectivity index (χ1v) is 24.4. The lowest BCUT2D eigenvalue weighted by Gasteiger charge is -2.58. The fourth-order valence-electron chi connectivity index (χ4n) is 11.3. The number of nitrogens with two attached hydrogens (primary N) is 1. The number of hydrogen-bond donors (Lipinski definition) is 4. The summed E-state index contributed by atoms with van der Waals surface area (Å²) in [6, 6.07) is 0. The molecule has 6 rings (SSSR count). The summed E-state index contributed by atoms with van der Waals surface area (Å²) in [4.78, 5) is 115. The van der Waals surface area contributed by atoms with Gasteiger partial charge in [-0.3, -0.25) is 48.1 Å². The zero-order chi connectivity index (χ0) is 50.9. The third-order valence-corrected chi connectivity index (χ3v) is 15.0. The molecule has 1 saturated heterocycles. The number of likely N-dealkylation sites (N-methyl/N-ethyl adjacent to an activating group) is 1. The molecule has 18 heteroatoms. The van der Waals surface area contributed by atoms with Crippen molar-refractivity contribution in [1.29, 1.82) is 0 Å². The van der Waals surface area contributed by atoms with Gasteiger partial charge in [0.25, 0.3) is 23.6 Å². The first-order valence-electron chi connectivity index (χ1n) is 24.4. The number of allylic oxidation sites excluding steroid dienone is 1. The molecule has 4 fully saturated rings. The van der Waals surface area contributed by atoms with Crippen LogP contribution in [-0.4, -0.2) is 103 Å². The first-order chi connectivity index (χ1) is 32.0. The maximum Gasteiger partial charge on any atom is 0.342 e. The van der Waals surface area contributed by atoms with Crippen LogP contribution in [0.15, 0.2) is 23.8 Å². The van der Waals surface area contributed by atoms with Crippen molar-refractivity contribution in [3.8, 4) is 0 Å². The number of primary amides is 1. The molecule has 2 aliphatic heterocycles. The van der Waals surface area contributed by atoms with Crippen LogP contribution in [0.25, 0.3) is 0 Å². The fraction of sp³-hybridized carbons (Fsp3) is 0.720. The molecule has 3 saturated carbocycles. The third kappa shape index (κ3) is 15.6. The Labute approximate surface area is 402 Å². The Hall–Kier alpha value is -5.42. The number of carbonyl (C=O) groups excluding carboxylic acids is 10. The number of esters is 1. The van der Waals surface area contributed by atoms with Gasteiger partial charge in [-0.15, -0.1) is 5.06 Å². The van der Waals surface area contributed by atoms with Gasteiger partial charge in [0.2, 0.25) is 23.6 Å². The number of nitrogens with zero attached hydrogens (tertiary/aromatic N) is 2. The molecule has 6 aliphatic rings. The Morgan fingerprint density at radius 1 is 0.779 bits per heavy atom. The summed E-state index contributed by atoms with van der Waals surface area (Å²) in [6.45, 7) is 14.1. The van der Waals surface area contributed by atoms with Crippen LogP contribution in [0.4, 0.5) is 0 Å². The van der Waals surface area contributed by atoms with Gasteiger partial charge in [0.15, 0.2) is 0 Å². The maximum atomic E-state index is 12.3. The van der Waals surface area contributed by atoms with E-state index < -0.39 is 41.9 Å². The van der Waals surface area contributed by atoms with E-state index in [1.807, 2.05) is 6.92 Å². The second-order valence-corrected chi connectivity index (χ2v) is 19.8. The number of rotatable bonds is 15. The van der Waals surface area contributed by atoms with Gasteiger partial charge in [0, 0.05) is 65.4 Å². The van der Waals surface area contributed by atoms with E-state index in [0.29, 0.717) is 16.9 Å². The van der Waals surface area contributed by atoms with Gasteiger partial charge in [0.1, 0.15) is 19.1 Å². The SMILES string of the molecule is CCC(=O)NC.CNC(=O)CCC(=O)O[C@H]1CC[C@@]2(C)C(=CCC3C4CCC([C@H](C)CCCC(C)C)[C@@]4(C)CCC32)C1.CNC(=O)CN1C(=O)C=CC1=O.NC(=O)CC(=O)ON1C(=O)CCC1=O. The molecule has 68 heavy (non-hydrogen) atoms. The zero-order valence-corrected chi connectivity index (χ0v) is 41.9. The summed E-state index contributed by atoms with van der Waals surface area (Å²) in [5.74, 6) is 0.522. The van der Waals surface area contributed by atoms with E-state index in [-0.39, 0.29) is 67.4 Å². The summed E-state index contributed by atoms with van der Waals surface area (Å²) in [5.41, 5.74) is 7.06. The van der Waals surface area contributed by atoms with Crippen LogP contribution in [0.3, 0.4) is 0 Å². The average molecular weight is 955 g/mol. The van der Waals surface area contributed by atoms with Gasteiger partial charge in [-0.25, -0.2) is 4.79 Å². The van der Waals surface area contributed by atoms with Crippen LogP contribution in [0, 0.1) is 46.3 Å². The van der Waals surface area contributed by atoms with E-state index in [2.05, 4.69) is 61.5 Å². The van der Waals surface area contributed by atoms with Gasteiger partial charge >= 0.3 is 11.9 Å². The van der Waals surface area contributed by atoms with Crippen molar-refractivity contribution >= 4 is 59.2 Å². The number of imide groups is 2. The monoisotopic (exact) mass is 955 g/mol. The van der Waals surface area contributed by atoms with Gasteiger partial charge in [-0.05, 0) is 91.3 Å². The normalized spacial score (nSPS) is 27.0. The molecule has 5 N–H and O–H groups in total. The van der Waals surface area contributed by atoms with Gasteiger partial charge in [0.05, 0.1) is 6.42 Å². The van der Waals surface area contributed by atoms with Crippen molar-refractivity contribution in [2.75, 3.05) is 27.7 Å². The molecular formula is C50H78N6O12. The number of hydrogen-bond acceptors (Lipinski definition) is 12. The van der Waals surface area contributed by atoms with Crippen molar-refractivity contribution in [2.45, 2.75) is 157 Å². The number of amides is 8. The highest BCUT2D eigenvalue weighted by molar-refractivity contribution is 6.14. The quantitative estimate of drug-likeness (QED) is 0.0752. The number of fused-ring (bicyclic) bond motifs is 5. The Morgan fingerprint density at radius 3 is 1.94 bits per heavy atom. The highest BCUT2D eigenvalue weighted by atomic mass is 16.7. The van der Waals surface area contributed by atoms with Crippen molar-refractivity contribution in [1.82, 2.24) is 25.9 Å². The van der Waals surface area contributed by atoms with E-state index in [0.717, 1.165) is 71.8 Å². The largest absolute Gasteiger partial charge is 0.462 e. The zero-order valence-electron chi connectivity index (χ0n) is 41.9. The molecule has 4 unspecified atom stereocenters. The highest BCUT2D eigenvalue weighted by Crippen LogP contribution is 2.67. The number of carbonyl (C=O) groups is 10. The first kappa shape index (κ1) is 56.9. The predicted octanol–water partition coefficient (Wildman–Crippen LogP) is 4.73. The van der Waals surface area contributed by atoms with Crippen LogP contribution in [-0.2, 0) is 57.5 Å². The molecule has 0 bridgehead atoms. The highest BCUT2D eigenvalue weighted by Gasteiger charge is 2.59. The summed E-state index contributed by atoms with van der Waals surface area (Å²) in [6.07, 6.45) is 19.2. The van der Waals surface area contributed by atoms with Crippen molar-refractivity contribution in [3.05, 3.63) is 23.8 Å². The number of nitrogens with one attached hydrogen (secondary N) is 3. The second-order valence-electron chi connectivity index (χ2n) is 19.8. The molecule has 4 aliphatic carbocycles. The second kappa shape index (κ2) is 26.4. The Kier molecular flexibility index (Phi) is 22.1. The third-order valence-electron chi connectivity index (χ3n) is 15.0. The van der Waals surface area contributed by atoms with Crippen molar-refractivity contribution in [3.63, 3.8) is 0 Å². The summed E-state index contributed by atoms with van der Waals surface area (Å²) < 4.78 is 5.83. The van der Waals surface area contributed by atoms with Crippen LogP contribution >= 0.6 is 0 Å². The lowest BCUT2D eigenvalue weighted by Crippen LogP contribution is -2.51. The van der Waals surface area contributed by atoms with E-state index in [1.54, 1.807) is 19.7 Å². The molecular weight excluding hydrogens is 877 g/mol. The number of hydroxylamine groups is 2. The molecule has 2 heterocycles. The minimum absolute atomic E-state index is 0.0166. The average Bonchev–Trinajstić information content (AvgIpc) is 3.93. The van der Waals surface area contributed by atoms with Crippen LogP contribution in [0.2, 0.25) is 0 Å². The molecule has 0 radical (unpaired) electrons.